The minimum Gasteiger partial charge on any atom is -0.311 e. The summed E-state index contributed by atoms with van der Waals surface area (Å²) in [7, 11) is 0. The van der Waals surface area contributed by atoms with E-state index in [1.807, 2.05) is 23.7 Å². The molecule has 0 unspecified atom stereocenters. The van der Waals surface area contributed by atoms with Gasteiger partial charge in [0.05, 0.1) is 5.69 Å². The normalized spacial score (nSPS) is 10.5. The van der Waals surface area contributed by atoms with E-state index in [-0.39, 0.29) is 0 Å². The van der Waals surface area contributed by atoms with Gasteiger partial charge in [-0.3, -0.25) is 0 Å². The number of thiophene rings is 1. The van der Waals surface area contributed by atoms with E-state index in [2.05, 4.69) is 27.6 Å². The fourth-order valence-corrected chi connectivity index (χ4v) is 1.91. The topological polar surface area (TPSA) is 37.8 Å². The van der Waals surface area contributed by atoms with Crippen LogP contribution in [0.2, 0.25) is 0 Å². The molecule has 0 saturated heterocycles. The maximum absolute atomic E-state index is 4.49. The van der Waals surface area contributed by atoms with Gasteiger partial charge >= 0.3 is 0 Å². The Morgan fingerprint density at radius 2 is 2.33 bits per heavy atom. The molecule has 15 heavy (non-hydrogen) atoms. The lowest BCUT2D eigenvalue weighted by Gasteiger charge is -2.02. The van der Waals surface area contributed by atoms with Gasteiger partial charge in [0.15, 0.2) is 5.82 Å². The summed E-state index contributed by atoms with van der Waals surface area (Å²) in [4.78, 5) is 8.74. The summed E-state index contributed by atoms with van der Waals surface area (Å²) in [6.45, 7) is 3.84. The predicted molar refractivity (Wildman–Crippen MR) is 62.7 cm³/mol. The molecule has 4 heteroatoms. The number of hydrogen-bond acceptors (Lipinski definition) is 4. The zero-order chi connectivity index (χ0) is 10.5. The second-order valence-electron chi connectivity index (χ2n) is 3.16. The zero-order valence-corrected chi connectivity index (χ0v) is 9.42. The highest BCUT2D eigenvalue weighted by molar-refractivity contribution is 7.08. The quantitative estimate of drug-likeness (QED) is 0.857. The fraction of sp³-hybridized carbons (Fsp3) is 0.273. The highest BCUT2D eigenvalue weighted by Gasteiger charge is 2.02. The van der Waals surface area contributed by atoms with Crippen LogP contribution in [0.4, 0.5) is 0 Å². The fourth-order valence-electron chi connectivity index (χ4n) is 1.28. The standard InChI is InChI=1S/C11H13N3S/c1-2-12-7-10-3-5-13-11(14-10)9-4-6-15-8-9/h3-6,8,12H,2,7H2,1H3. The molecule has 0 aliphatic heterocycles. The van der Waals surface area contributed by atoms with Crippen LogP contribution in [0, 0.1) is 0 Å². The third-order valence-corrected chi connectivity index (χ3v) is 2.73. The van der Waals surface area contributed by atoms with Gasteiger partial charge in [0, 0.05) is 23.7 Å². The molecule has 0 radical (unpaired) electrons. The highest BCUT2D eigenvalue weighted by atomic mass is 32.1. The van der Waals surface area contributed by atoms with Crippen molar-refractivity contribution in [2.75, 3.05) is 6.54 Å². The van der Waals surface area contributed by atoms with Crippen molar-refractivity contribution in [1.29, 1.82) is 0 Å². The molecule has 0 atom stereocenters. The Morgan fingerprint density at radius 1 is 1.40 bits per heavy atom. The van der Waals surface area contributed by atoms with Gasteiger partial charge in [-0.25, -0.2) is 9.97 Å². The molecule has 2 aromatic rings. The lowest BCUT2D eigenvalue weighted by molar-refractivity contribution is 0.709. The van der Waals surface area contributed by atoms with Gasteiger partial charge in [-0.05, 0) is 24.1 Å². The summed E-state index contributed by atoms with van der Waals surface area (Å²) in [6, 6.07) is 3.98. The van der Waals surface area contributed by atoms with Gasteiger partial charge in [0.1, 0.15) is 0 Å². The van der Waals surface area contributed by atoms with Crippen LogP contribution in [0.1, 0.15) is 12.6 Å². The molecule has 0 aliphatic carbocycles. The van der Waals surface area contributed by atoms with Gasteiger partial charge < -0.3 is 5.32 Å². The number of aromatic nitrogens is 2. The molecule has 0 aromatic carbocycles. The minimum absolute atomic E-state index is 0.802. The smallest absolute Gasteiger partial charge is 0.160 e. The second-order valence-corrected chi connectivity index (χ2v) is 3.94. The Kier molecular flexibility index (Phi) is 3.42. The summed E-state index contributed by atoms with van der Waals surface area (Å²) < 4.78 is 0. The van der Waals surface area contributed by atoms with E-state index >= 15 is 0 Å². The van der Waals surface area contributed by atoms with Crippen molar-refractivity contribution < 1.29 is 0 Å². The van der Waals surface area contributed by atoms with Crippen LogP contribution >= 0.6 is 11.3 Å². The van der Waals surface area contributed by atoms with Crippen LogP contribution < -0.4 is 5.32 Å². The first-order chi connectivity index (χ1) is 7.40. The number of nitrogens with zero attached hydrogens (tertiary/aromatic N) is 2. The molecule has 0 spiro atoms. The van der Waals surface area contributed by atoms with Crippen molar-refractivity contribution in [3.63, 3.8) is 0 Å². The zero-order valence-electron chi connectivity index (χ0n) is 8.60. The van der Waals surface area contributed by atoms with Crippen molar-refractivity contribution in [1.82, 2.24) is 15.3 Å². The lowest BCUT2D eigenvalue weighted by Crippen LogP contribution is -2.13. The Balaban J connectivity index is 2.19. The van der Waals surface area contributed by atoms with Gasteiger partial charge in [-0.15, -0.1) is 0 Å². The first-order valence-corrected chi connectivity index (χ1v) is 5.89. The first-order valence-electron chi connectivity index (χ1n) is 4.95. The number of rotatable bonds is 4. The van der Waals surface area contributed by atoms with E-state index in [9.17, 15) is 0 Å². The average molecular weight is 219 g/mol. The van der Waals surface area contributed by atoms with E-state index in [4.69, 9.17) is 0 Å². The van der Waals surface area contributed by atoms with E-state index < -0.39 is 0 Å². The van der Waals surface area contributed by atoms with Gasteiger partial charge in [0.2, 0.25) is 0 Å². The van der Waals surface area contributed by atoms with E-state index in [0.717, 1.165) is 30.2 Å². The highest BCUT2D eigenvalue weighted by Crippen LogP contribution is 2.17. The molecule has 78 valence electrons. The van der Waals surface area contributed by atoms with Crippen LogP contribution in [0.15, 0.2) is 29.1 Å². The van der Waals surface area contributed by atoms with Crippen LogP contribution in [-0.2, 0) is 6.54 Å². The van der Waals surface area contributed by atoms with Gasteiger partial charge in [-0.1, -0.05) is 6.92 Å². The molecule has 2 rings (SSSR count). The molecule has 1 N–H and O–H groups in total. The average Bonchev–Trinajstić information content (AvgIpc) is 2.80. The predicted octanol–water partition coefficient (Wildman–Crippen LogP) is 2.31. The van der Waals surface area contributed by atoms with Gasteiger partial charge in [0.25, 0.3) is 0 Å². The van der Waals surface area contributed by atoms with Crippen molar-refractivity contribution in [3.05, 3.63) is 34.8 Å². The van der Waals surface area contributed by atoms with Crippen molar-refractivity contribution in [3.8, 4) is 11.4 Å². The Bertz CT molecular complexity index is 412. The van der Waals surface area contributed by atoms with Crippen LogP contribution in [-0.4, -0.2) is 16.5 Å². The molecular formula is C11H13N3S. The summed E-state index contributed by atoms with van der Waals surface area (Å²) in [5.41, 5.74) is 2.13. The summed E-state index contributed by atoms with van der Waals surface area (Å²) >= 11 is 1.66. The largest absolute Gasteiger partial charge is 0.311 e. The number of hydrogen-bond donors (Lipinski definition) is 1. The monoisotopic (exact) mass is 219 g/mol. The van der Waals surface area contributed by atoms with E-state index in [0.29, 0.717) is 0 Å². The molecule has 0 amide bonds. The van der Waals surface area contributed by atoms with Crippen LogP contribution in [0.5, 0.6) is 0 Å². The van der Waals surface area contributed by atoms with Crippen molar-refractivity contribution in [2.45, 2.75) is 13.5 Å². The second kappa shape index (κ2) is 5.00. The molecule has 3 nitrogen and oxygen atoms in total. The molecule has 0 bridgehead atoms. The lowest BCUT2D eigenvalue weighted by atomic mass is 10.3. The molecular weight excluding hydrogens is 206 g/mol. The Hall–Kier alpha value is -1.26. The third-order valence-electron chi connectivity index (χ3n) is 2.05. The van der Waals surface area contributed by atoms with Gasteiger partial charge in [-0.2, -0.15) is 11.3 Å². The third kappa shape index (κ3) is 2.61. The van der Waals surface area contributed by atoms with Crippen LogP contribution in [0.25, 0.3) is 11.4 Å². The van der Waals surface area contributed by atoms with E-state index in [1.165, 1.54) is 0 Å². The molecule has 0 fully saturated rings. The number of nitrogens with one attached hydrogen (secondary N) is 1. The molecule has 2 aromatic heterocycles. The maximum Gasteiger partial charge on any atom is 0.160 e. The Labute approximate surface area is 93.2 Å². The summed E-state index contributed by atoms with van der Waals surface area (Å²) in [5.74, 6) is 0.812. The van der Waals surface area contributed by atoms with Crippen molar-refractivity contribution >= 4 is 11.3 Å². The van der Waals surface area contributed by atoms with E-state index in [1.54, 1.807) is 11.3 Å². The first kappa shape index (κ1) is 10.3. The molecule has 2 heterocycles. The Morgan fingerprint density at radius 3 is 3.07 bits per heavy atom. The molecule has 0 aliphatic rings. The summed E-state index contributed by atoms with van der Waals surface area (Å²) in [5, 5.41) is 7.35. The summed E-state index contributed by atoms with van der Waals surface area (Å²) in [6.07, 6.45) is 1.81. The minimum atomic E-state index is 0.802. The SMILES string of the molecule is CCNCc1ccnc(-c2ccsc2)n1. The molecule has 0 saturated carbocycles. The maximum atomic E-state index is 4.49. The van der Waals surface area contributed by atoms with Crippen molar-refractivity contribution in [2.24, 2.45) is 0 Å². The van der Waals surface area contributed by atoms with Crippen LogP contribution in [0.3, 0.4) is 0 Å².